The average Bonchev–Trinajstić information content (AvgIpc) is 3.40. The van der Waals surface area contributed by atoms with Crippen LogP contribution in [0.2, 0.25) is 10.0 Å². The minimum absolute atomic E-state index is 0.0316. The van der Waals surface area contributed by atoms with Crippen LogP contribution in [0.1, 0.15) is 84.8 Å². The van der Waals surface area contributed by atoms with E-state index >= 15 is 0 Å². The Bertz CT molecular complexity index is 983. The van der Waals surface area contributed by atoms with Crippen molar-refractivity contribution in [2.45, 2.75) is 73.6 Å². The molecule has 0 radical (unpaired) electrons. The number of hydrogen-bond acceptors (Lipinski definition) is 4. The summed E-state index contributed by atoms with van der Waals surface area (Å²) in [5.74, 6) is -1.17. The van der Waals surface area contributed by atoms with E-state index in [0.717, 1.165) is 5.56 Å². The second kappa shape index (κ2) is 22.4. The Balaban J connectivity index is 0. The van der Waals surface area contributed by atoms with E-state index in [2.05, 4.69) is 43.6 Å². The molecule has 4 N–H and O–H groups in total. The summed E-state index contributed by atoms with van der Waals surface area (Å²) in [5.41, 5.74) is 2.45. The Kier molecular flexibility index (Phi) is 22.4. The van der Waals surface area contributed by atoms with Gasteiger partial charge in [-0.2, -0.15) is 0 Å². The van der Waals surface area contributed by atoms with Gasteiger partial charge in [0.05, 0.1) is 10.0 Å². The molecular weight excluding hydrogens is 559 g/mol. The van der Waals surface area contributed by atoms with Crippen LogP contribution in [-0.2, 0) is 9.59 Å². The Morgan fingerprint density at radius 2 is 1.48 bits per heavy atom. The summed E-state index contributed by atoms with van der Waals surface area (Å²) in [4.78, 5) is 20.3. The molecule has 0 saturated carbocycles. The first kappa shape index (κ1) is 39.9. The van der Waals surface area contributed by atoms with Crippen LogP contribution in [0.4, 0.5) is 14.5 Å². The molecule has 0 aromatic heterocycles. The molecule has 1 aliphatic heterocycles. The van der Waals surface area contributed by atoms with E-state index < -0.39 is 11.6 Å². The molecule has 1 aliphatic rings. The number of benzene rings is 2. The first-order valence-corrected chi connectivity index (χ1v) is 14.3. The second-order valence-electron chi connectivity index (χ2n) is 9.81. The molecular formula is C30H47Cl2F2N3O3. The molecule has 0 spiro atoms. The maximum atomic E-state index is 14.0. The van der Waals surface area contributed by atoms with Crippen molar-refractivity contribution in [1.82, 2.24) is 10.6 Å². The number of carbonyl (C=O) groups excluding carboxylic acids is 2. The van der Waals surface area contributed by atoms with E-state index in [-0.39, 0.29) is 28.5 Å². The standard InChI is InChI=1S/C17H14Cl2F2N2O.C5H12.C4H9NO2.2C2H6/c18-13-3-9(1-2-15(13)20)11-6-22-7-12(11)10-4-16(21)14(19)5-17(10)23-8-24;1-5(2,3)4;6-3-1-2-5-4-7;2*1-2/h1-5,8,11-12,22H,6-7H2,(H,23,24);1-4H3;4,6H,1-3H2,(H,5,7);2*1-2H3/t11-,12+;;;;/m1..../s1. The molecule has 0 aliphatic carbocycles. The van der Waals surface area contributed by atoms with Gasteiger partial charge in [0.1, 0.15) is 11.6 Å². The lowest BCUT2D eigenvalue weighted by atomic mass is 9.83. The summed E-state index contributed by atoms with van der Waals surface area (Å²) in [6.07, 6.45) is 1.79. The number of carbonyl (C=O) groups is 2. The van der Waals surface area contributed by atoms with Crippen molar-refractivity contribution in [3.8, 4) is 0 Å². The molecule has 10 heteroatoms. The molecule has 1 saturated heterocycles. The number of nitrogens with one attached hydrogen (secondary N) is 3. The third-order valence-electron chi connectivity index (χ3n) is 4.85. The zero-order chi connectivity index (χ0) is 31.3. The van der Waals surface area contributed by atoms with Crippen LogP contribution in [0.15, 0.2) is 30.3 Å². The normalized spacial score (nSPS) is 15.3. The Morgan fingerprint density at radius 1 is 0.925 bits per heavy atom. The largest absolute Gasteiger partial charge is 0.396 e. The molecule has 6 nitrogen and oxygen atoms in total. The lowest BCUT2D eigenvalue weighted by Crippen LogP contribution is -2.12. The quantitative estimate of drug-likeness (QED) is 0.185. The minimum Gasteiger partial charge on any atom is -0.396 e. The van der Waals surface area contributed by atoms with Gasteiger partial charge in [0.2, 0.25) is 12.8 Å². The summed E-state index contributed by atoms with van der Waals surface area (Å²) in [6.45, 7) is 18.7. The molecule has 2 amide bonds. The summed E-state index contributed by atoms with van der Waals surface area (Å²) in [5, 5.41) is 16.4. The zero-order valence-corrected chi connectivity index (χ0v) is 26.5. The van der Waals surface area contributed by atoms with Crippen molar-refractivity contribution in [2.24, 2.45) is 5.41 Å². The molecule has 0 bridgehead atoms. The summed E-state index contributed by atoms with van der Waals surface area (Å²) >= 11 is 11.7. The monoisotopic (exact) mass is 605 g/mol. The molecule has 3 rings (SSSR count). The van der Waals surface area contributed by atoms with Crippen LogP contribution in [0.3, 0.4) is 0 Å². The molecule has 1 fully saturated rings. The summed E-state index contributed by atoms with van der Waals surface area (Å²) < 4.78 is 27.4. The fraction of sp³-hybridized carbons (Fsp3) is 0.533. The van der Waals surface area contributed by atoms with Crippen LogP contribution in [0, 0.1) is 17.0 Å². The van der Waals surface area contributed by atoms with Gasteiger partial charge in [-0.1, -0.05) is 84.7 Å². The predicted molar refractivity (Wildman–Crippen MR) is 164 cm³/mol. The fourth-order valence-corrected chi connectivity index (χ4v) is 3.75. The van der Waals surface area contributed by atoms with Crippen molar-refractivity contribution < 1.29 is 23.5 Å². The molecule has 2 aromatic rings. The van der Waals surface area contributed by atoms with E-state index in [4.69, 9.17) is 28.3 Å². The maximum Gasteiger partial charge on any atom is 0.211 e. The van der Waals surface area contributed by atoms with Gasteiger partial charge in [-0.15, -0.1) is 0 Å². The SMILES string of the molecule is CC.CC.CC(C)(C)C.O=CNCCCO.O=CNc1cc(Cl)c(F)cc1[C@@H]1CNC[C@@H]1c1ccc(F)c(Cl)c1. The molecule has 1 heterocycles. The van der Waals surface area contributed by atoms with E-state index in [9.17, 15) is 18.4 Å². The number of amides is 2. The Hall–Kier alpha value is -2.26. The Morgan fingerprint density at radius 3 is 1.98 bits per heavy atom. The maximum absolute atomic E-state index is 14.0. The van der Waals surface area contributed by atoms with Crippen LogP contribution in [0.5, 0.6) is 0 Å². The van der Waals surface area contributed by atoms with Gasteiger partial charge in [-0.25, -0.2) is 8.78 Å². The molecule has 40 heavy (non-hydrogen) atoms. The van der Waals surface area contributed by atoms with Crippen LogP contribution in [0.25, 0.3) is 0 Å². The molecule has 0 unspecified atom stereocenters. The zero-order valence-electron chi connectivity index (χ0n) is 25.0. The minimum atomic E-state index is -0.550. The van der Waals surface area contributed by atoms with Crippen LogP contribution < -0.4 is 16.0 Å². The number of aliphatic hydroxyl groups excluding tert-OH is 1. The van der Waals surface area contributed by atoms with Crippen molar-refractivity contribution in [1.29, 1.82) is 0 Å². The van der Waals surface area contributed by atoms with Gasteiger partial charge in [-0.05, 0) is 47.2 Å². The van der Waals surface area contributed by atoms with Gasteiger partial charge in [-0.3, -0.25) is 9.59 Å². The summed E-state index contributed by atoms with van der Waals surface area (Å²) in [6, 6.07) is 7.31. The lowest BCUT2D eigenvalue weighted by Gasteiger charge is -2.22. The highest BCUT2D eigenvalue weighted by molar-refractivity contribution is 6.31. The highest BCUT2D eigenvalue weighted by atomic mass is 35.5. The third-order valence-corrected chi connectivity index (χ3v) is 5.43. The molecule has 2 aromatic carbocycles. The Labute approximate surface area is 249 Å². The highest BCUT2D eigenvalue weighted by Crippen LogP contribution is 2.41. The topological polar surface area (TPSA) is 90.5 Å². The molecule has 2 atom stereocenters. The van der Waals surface area contributed by atoms with E-state index in [1.54, 1.807) is 12.1 Å². The second-order valence-corrected chi connectivity index (χ2v) is 10.6. The van der Waals surface area contributed by atoms with Gasteiger partial charge in [0.25, 0.3) is 0 Å². The highest BCUT2D eigenvalue weighted by Gasteiger charge is 2.32. The molecule has 228 valence electrons. The average molecular weight is 607 g/mol. The number of halogens is 4. The van der Waals surface area contributed by atoms with Crippen LogP contribution in [-0.4, -0.2) is 44.2 Å². The summed E-state index contributed by atoms with van der Waals surface area (Å²) in [7, 11) is 0. The number of hydrogen-bond donors (Lipinski definition) is 4. The van der Waals surface area contributed by atoms with Gasteiger partial charge in [0.15, 0.2) is 0 Å². The van der Waals surface area contributed by atoms with Crippen molar-refractivity contribution in [2.75, 3.05) is 31.6 Å². The van der Waals surface area contributed by atoms with Gasteiger partial charge < -0.3 is 21.1 Å². The van der Waals surface area contributed by atoms with Crippen LogP contribution >= 0.6 is 23.2 Å². The lowest BCUT2D eigenvalue weighted by molar-refractivity contribution is -0.109. The smallest absolute Gasteiger partial charge is 0.211 e. The van der Waals surface area contributed by atoms with E-state index in [1.807, 2.05) is 27.7 Å². The van der Waals surface area contributed by atoms with E-state index in [1.165, 1.54) is 18.2 Å². The van der Waals surface area contributed by atoms with Gasteiger partial charge >= 0.3 is 0 Å². The number of rotatable bonds is 8. The first-order valence-electron chi connectivity index (χ1n) is 13.6. The predicted octanol–water partition coefficient (Wildman–Crippen LogP) is 7.53. The van der Waals surface area contributed by atoms with Crippen molar-refractivity contribution in [3.63, 3.8) is 0 Å². The van der Waals surface area contributed by atoms with E-state index in [0.29, 0.717) is 55.5 Å². The van der Waals surface area contributed by atoms with Gasteiger partial charge in [0, 0.05) is 43.8 Å². The number of aliphatic hydroxyl groups is 1. The third kappa shape index (κ3) is 16.1. The first-order chi connectivity index (χ1) is 18.9. The van der Waals surface area contributed by atoms with Crippen molar-refractivity contribution in [3.05, 3.63) is 63.1 Å². The van der Waals surface area contributed by atoms with Crippen molar-refractivity contribution >= 4 is 41.7 Å². The fourth-order valence-electron chi connectivity index (χ4n) is 3.40. The number of anilines is 1.